The maximum atomic E-state index is 13.5. The molecule has 10 heteroatoms. The standard InChI is InChI=1S/C32H44ClNO8/c1-16-20(40-6)14-22-30(2)12-10-23(41-27(37)18-13-17(33)7-8-19(18)34-5)32(4,15-35)21(30)9-11-31(22,3)25(16)24-26(36)29(39)42-28(24)38/h7-8,13,16,20-23,25,28,34-36,38H,9-12,14-15H2,1-6H3/t16-,20-,21?,22?,23?,25+,28?,30+,31-,32-/m0/s1. The number of methoxy groups -OCH3 is 1. The van der Waals surface area contributed by atoms with Crippen molar-refractivity contribution in [3.05, 3.63) is 40.1 Å². The number of rotatable bonds is 6. The van der Waals surface area contributed by atoms with Crippen molar-refractivity contribution < 1.29 is 39.1 Å². The minimum absolute atomic E-state index is 0.0169. The molecular formula is C32H44ClNO8. The average molecular weight is 606 g/mol. The Morgan fingerprint density at radius 1 is 1.17 bits per heavy atom. The van der Waals surface area contributed by atoms with Crippen LogP contribution < -0.4 is 5.32 Å². The van der Waals surface area contributed by atoms with Crippen molar-refractivity contribution in [2.24, 2.45) is 39.9 Å². The topological polar surface area (TPSA) is 135 Å². The smallest absolute Gasteiger partial charge is 0.376 e. The Kier molecular flexibility index (Phi) is 8.14. The molecule has 0 aromatic heterocycles. The van der Waals surface area contributed by atoms with Crippen LogP contribution in [0.5, 0.6) is 0 Å². The van der Waals surface area contributed by atoms with Crippen molar-refractivity contribution in [1.29, 1.82) is 0 Å². The summed E-state index contributed by atoms with van der Waals surface area (Å²) >= 11 is 6.20. The molecule has 4 N–H and O–H groups in total. The molecule has 0 saturated heterocycles. The molecule has 5 rings (SSSR count). The highest BCUT2D eigenvalue weighted by Gasteiger charge is 2.67. The fraction of sp³-hybridized carbons (Fsp3) is 0.688. The Balaban J connectivity index is 1.50. The molecule has 3 fully saturated rings. The van der Waals surface area contributed by atoms with Crippen LogP contribution in [0.15, 0.2) is 29.5 Å². The molecule has 9 nitrogen and oxygen atoms in total. The summed E-state index contributed by atoms with van der Waals surface area (Å²) in [7, 11) is 3.41. The van der Waals surface area contributed by atoms with E-state index in [4.69, 9.17) is 25.8 Å². The number of esters is 2. The van der Waals surface area contributed by atoms with Gasteiger partial charge in [-0.25, -0.2) is 9.59 Å². The molecule has 4 aliphatic rings. The van der Waals surface area contributed by atoms with Crippen LogP contribution in [0.3, 0.4) is 0 Å². The van der Waals surface area contributed by atoms with Crippen LogP contribution in [0.1, 0.15) is 70.2 Å². The van der Waals surface area contributed by atoms with E-state index in [2.05, 4.69) is 19.2 Å². The van der Waals surface area contributed by atoms with E-state index in [0.717, 1.165) is 25.7 Å². The molecule has 232 valence electrons. The maximum Gasteiger partial charge on any atom is 0.376 e. The van der Waals surface area contributed by atoms with Crippen LogP contribution in [-0.4, -0.2) is 66.5 Å². The number of hydrogen-bond donors (Lipinski definition) is 4. The first-order valence-electron chi connectivity index (χ1n) is 14.9. The quantitative estimate of drug-likeness (QED) is 0.327. The van der Waals surface area contributed by atoms with Gasteiger partial charge in [0, 0.05) is 36.2 Å². The zero-order valence-corrected chi connectivity index (χ0v) is 26.0. The number of carbonyl (C=O) groups excluding carboxylic acids is 2. The van der Waals surface area contributed by atoms with E-state index in [1.165, 1.54) is 0 Å². The van der Waals surface area contributed by atoms with Crippen LogP contribution in [-0.2, 0) is 19.0 Å². The number of fused-ring (bicyclic) bond motifs is 3. The second kappa shape index (κ2) is 11.0. The zero-order valence-electron chi connectivity index (χ0n) is 25.3. The van der Waals surface area contributed by atoms with Gasteiger partial charge in [-0.2, -0.15) is 0 Å². The van der Waals surface area contributed by atoms with Gasteiger partial charge in [-0.15, -0.1) is 0 Å². The fourth-order valence-electron chi connectivity index (χ4n) is 9.76. The summed E-state index contributed by atoms with van der Waals surface area (Å²) < 4.78 is 17.2. The highest BCUT2D eigenvalue weighted by molar-refractivity contribution is 6.31. The van der Waals surface area contributed by atoms with Gasteiger partial charge in [0.15, 0.2) is 0 Å². The van der Waals surface area contributed by atoms with Gasteiger partial charge in [-0.3, -0.25) is 0 Å². The van der Waals surface area contributed by atoms with E-state index in [1.54, 1.807) is 32.4 Å². The highest BCUT2D eigenvalue weighted by Crippen LogP contribution is 2.70. The predicted molar refractivity (Wildman–Crippen MR) is 157 cm³/mol. The van der Waals surface area contributed by atoms with Crippen molar-refractivity contribution in [2.75, 3.05) is 26.1 Å². The molecular weight excluding hydrogens is 562 g/mol. The average Bonchev–Trinajstić information content (AvgIpc) is 3.20. The first kappa shape index (κ1) is 31.1. The predicted octanol–water partition coefficient (Wildman–Crippen LogP) is 5.10. The van der Waals surface area contributed by atoms with Crippen molar-refractivity contribution in [3.63, 3.8) is 0 Å². The van der Waals surface area contributed by atoms with Gasteiger partial charge < -0.3 is 34.8 Å². The zero-order chi connectivity index (χ0) is 30.8. The Morgan fingerprint density at radius 3 is 2.45 bits per heavy atom. The molecule has 3 saturated carbocycles. The number of aliphatic hydroxyl groups is 3. The van der Waals surface area contributed by atoms with Gasteiger partial charge in [0.1, 0.15) is 6.10 Å². The second-order valence-corrected chi connectivity index (χ2v) is 14.0. The van der Waals surface area contributed by atoms with Gasteiger partial charge in [0.2, 0.25) is 12.0 Å². The van der Waals surface area contributed by atoms with Gasteiger partial charge >= 0.3 is 11.9 Å². The minimum atomic E-state index is -1.49. The summed E-state index contributed by atoms with van der Waals surface area (Å²) in [5.41, 5.74) is -0.164. The lowest BCUT2D eigenvalue weighted by atomic mass is 9.37. The summed E-state index contributed by atoms with van der Waals surface area (Å²) in [6, 6.07) is 5.04. The number of carbonyl (C=O) groups is 2. The van der Waals surface area contributed by atoms with Gasteiger partial charge in [0.05, 0.1) is 23.8 Å². The van der Waals surface area contributed by atoms with Gasteiger partial charge in [0.25, 0.3) is 0 Å². The molecule has 10 atom stereocenters. The maximum absolute atomic E-state index is 13.5. The second-order valence-electron chi connectivity index (χ2n) is 13.6. The van der Waals surface area contributed by atoms with Crippen molar-refractivity contribution in [3.8, 4) is 0 Å². The molecule has 0 amide bonds. The number of cyclic esters (lactones) is 1. The molecule has 1 heterocycles. The Bertz CT molecular complexity index is 1280. The molecule has 1 aromatic rings. The lowest BCUT2D eigenvalue weighted by Crippen LogP contribution is -2.65. The highest BCUT2D eigenvalue weighted by atomic mass is 35.5. The first-order valence-corrected chi connectivity index (χ1v) is 15.3. The Labute approximate surface area is 252 Å². The van der Waals surface area contributed by atoms with Gasteiger partial charge in [-0.1, -0.05) is 39.3 Å². The van der Waals surface area contributed by atoms with Gasteiger partial charge in [-0.05, 0) is 78.9 Å². The van der Waals surface area contributed by atoms with E-state index < -0.39 is 35.5 Å². The third kappa shape index (κ3) is 4.54. The SMILES string of the molecule is CNc1ccc(Cl)cc1C(=O)OC1CC[C@]2(C)C(CC[C@@]3(C)C2C[C@H](OC)[C@H](C)[C@@H]3C2=C(O)C(=O)OC2O)[C@]1(C)CO. The van der Waals surface area contributed by atoms with Crippen LogP contribution in [0.25, 0.3) is 0 Å². The molecule has 1 aromatic carbocycles. The number of benzene rings is 1. The minimum Gasteiger partial charge on any atom is -0.502 e. The lowest BCUT2D eigenvalue weighted by molar-refractivity contribution is -0.226. The largest absolute Gasteiger partial charge is 0.502 e. The molecule has 3 aliphatic carbocycles. The van der Waals surface area contributed by atoms with Crippen molar-refractivity contribution in [1.82, 2.24) is 0 Å². The molecule has 0 spiro atoms. The van der Waals surface area contributed by atoms with Crippen molar-refractivity contribution >= 4 is 29.2 Å². The van der Waals surface area contributed by atoms with Crippen LogP contribution in [0.4, 0.5) is 5.69 Å². The fourth-order valence-corrected chi connectivity index (χ4v) is 9.94. The van der Waals surface area contributed by atoms with Crippen LogP contribution in [0.2, 0.25) is 5.02 Å². The Hall–Kier alpha value is -2.33. The number of aliphatic hydroxyl groups excluding tert-OH is 3. The number of nitrogens with one attached hydrogen (secondary N) is 1. The summed E-state index contributed by atoms with van der Waals surface area (Å²) in [6.45, 7) is 8.38. The lowest BCUT2D eigenvalue weighted by Gasteiger charge is -2.68. The monoisotopic (exact) mass is 605 g/mol. The van der Waals surface area contributed by atoms with Crippen LogP contribution in [0, 0.1) is 39.9 Å². The molecule has 0 bridgehead atoms. The summed E-state index contributed by atoms with van der Waals surface area (Å²) in [5.74, 6) is -2.23. The van der Waals surface area contributed by atoms with E-state index in [9.17, 15) is 24.9 Å². The number of hydrogen-bond acceptors (Lipinski definition) is 9. The summed E-state index contributed by atoms with van der Waals surface area (Å²) in [5, 5.41) is 35.9. The number of halogens is 1. The van der Waals surface area contributed by atoms with E-state index in [1.807, 2.05) is 13.8 Å². The van der Waals surface area contributed by atoms with Crippen molar-refractivity contribution in [2.45, 2.75) is 78.3 Å². The summed E-state index contributed by atoms with van der Waals surface area (Å²) in [6.07, 6.45) is 1.38. The van der Waals surface area contributed by atoms with E-state index in [0.29, 0.717) is 22.7 Å². The summed E-state index contributed by atoms with van der Waals surface area (Å²) in [4.78, 5) is 25.7. The molecule has 1 aliphatic heterocycles. The molecule has 4 unspecified atom stereocenters. The first-order chi connectivity index (χ1) is 19.8. The number of anilines is 1. The van der Waals surface area contributed by atoms with E-state index in [-0.39, 0.29) is 52.8 Å². The van der Waals surface area contributed by atoms with E-state index >= 15 is 0 Å². The third-order valence-corrected chi connectivity index (χ3v) is 12.0. The molecule has 42 heavy (non-hydrogen) atoms. The normalized spacial score (nSPS) is 41.5. The molecule has 0 radical (unpaired) electrons. The van der Waals surface area contributed by atoms with Crippen LogP contribution >= 0.6 is 11.6 Å². The third-order valence-electron chi connectivity index (χ3n) is 11.8. The Morgan fingerprint density at radius 2 is 1.86 bits per heavy atom. The number of ether oxygens (including phenoxy) is 3.